The molecule has 1 amide bonds. The lowest BCUT2D eigenvalue weighted by atomic mass is 9.91. The lowest BCUT2D eigenvalue weighted by molar-refractivity contribution is -0.161. The summed E-state index contributed by atoms with van der Waals surface area (Å²) in [5, 5.41) is 10.5. The molecule has 7 heteroatoms. The van der Waals surface area contributed by atoms with Crippen LogP contribution < -0.4 is 14.8 Å². The number of carbonyl (C=O) groups is 1. The van der Waals surface area contributed by atoms with Crippen LogP contribution in [0.4, 0.5) is 5.69 Å². The zero-order chi connectivity index (χ0) is 22.7. The zero-order valence-electron chi connectivity index (χ0n) is 18.3. The zero-order valence-corrected chi connectivity index (χ0v) is 19.0. The Bertz CT molecular complexity index is 1320. The van der Waals surface area contributed by atoms with Gasteiger partial charge >= 0.3 is 5.72 Å². The fourth-order valence-electron chi connectivity index (χ4n) is 4.98. The van der Waals surface area contributed by atoms with Crippen LogP contribution in [0.5, 0.6) is 11.5 Å². The third-order valence-electron chi connectivity index (χ3n) is 6.66. The Balaban J connectivity index is 1.59. The minimum atomic E-state index is -1.42. The molecule has 6 nitrogen and oxygen atoms in total. The molecule has 1 N–H and O–H groups in total. The fraction of sp³-hybridized carbons (Fsp3) is 0.231. The van der Waals surface area contributed by atoms with Crippen LogP contribution in [0, 0.1) is 0 Å². The molecule has 2 atom stereocenters. The standard InChI is InChI=1S/C26H22ClN3O3/c1-3-15-7-12-20-19(13-15)26(25(31)28-20)30-22(18-5-4-6-23(32-2)24(18)33-26)14-21(29-30)16-8-10-17(27)11-9-16/h4-13,22H,3,14H2,1-2H3,(H,28,31)/t22-,26+/m1/s1. The van der Waals surface area contributed by atoms with Crippen molar-refractivity contribution in [3.8, 4) is 11.5 Å². The van der Waals surface area contributed by atoms with Crippen molar-refractivity contribution in [2.75, 3.05) is 12.4 Å². The highest BCUT2D eigenvalue weighted by Gasteiger charge is 2.61. The third kappa shape index (κ3) is 2.80. The van der Waals surface area contributed by atoms with Crippen LogP contribution in [0.1, 0.15) is 41.6 Å². The molecular weight excluding hydrogens is 438 g/mol. The Labute approximate surface area is 196 Å². The first-order valence-corrected chi connectivity index (χ1v) is 11.4. The predicted octanol–water partition coefficient (Wildman–Crippen LogP) is 5.26. The number of hydrazone groups is 1. The second-order valence-electron chi connectivity index (χ2n) is 8.43. The van der Waals surface area contributed by atoms with Gasteiger partial charge in [-0.1, -0.05) is 48.9 Å². The number of amides is 1. The molecule has 3 aliphatic rings. The number of ether oxygens (including phenoxy) is 2. The summed E-state index contributed by atoms with van der Waals surface area (Å²) in [4.78, 5) is 13.6. The highest BCUT2D eigenvalue weighted by molar-refractivity contribution is 6.30. The number of fused-ring (bicyclic) bond motifs is 6. The Kier molecular flexibility index (Phi) is 4.42. The SMILES string of the molecule is CCc1ccc2c(c1)[C@]1(Oc3c(OC)cccc3[C@H]3CC(c4ccc(Cl)cc4)=NN31)C(=O)N2. The number of nitrogens with zero attached hydrogens (tertiary/aromatic N) is 2. The second-order valence-corrected chi connectivity index (χ2v) is 8.87. The van der Waals surface area contributed by atoms with E-state index in [1.165, 1.54) is 0 Å². The number of rotatable bonds is 3. The van der Waals surface area contributed by atoms with Crippen LogP contribution in [0.25, 0.3) is 0 Å². The van der Waals surface area contributed by atoms with Gasteiger partial charge in [0.1, 0.15) is 0 Å². The molecular formula is C26H22ClN3O3. The summed E-state index contributed by atoms with van der Waals surface area (Å²) in [6.45, 7) is 2.09. The Hall–Kier alpha value is -3.51. The molecule has 0 saturated carbocycles. The summed E-state index contributed by atoms with van der Waals surface area (Å²) >= 11 is 6.11. The first kappa shape index (κ1) is 20.1. The van der Waals surface area contributed by atoms with Gasteiger partial charge in [-0.2, -0.15) is 5.10 Å². The fourth-order valence-corrected chi connectivity index (χ4v) is 5.10. The van der Waals surface area contributed by atoms with Crippen molar-refractivity contribution in [1.29, 1.82) is 0 Å². The minimum Gasteiger partial charge on any atom is -0.493 e. The van der Waals surface area contributed by atoms with Crippen molar-refractivity contribution in [3.05, 3.63) is 87.9 Å². The number of anilines is 1. The van der Waals surface area contributed by atoms with Gasteiger partial charge in [0.2, 0.25) is 0 Å². The quantitative estimate of drug-likeness (QED) is 0.580. The van der Waals surface area contributed by atoms with Gasteiger partial charge < -0.3 is 14.8 Å². The van der Waals surface area contributed by atoms with E-state index in [2.05, 4.69) is 12.2 Å². The maximum atomic E-state index is 13.6. The number of nitrogens with one attached hydrogen (secondary N) is 1. The number of benzene rings is 3. The molecule has 0 bridgehead atoms. The number of hydrogen-bond donors (Lipinski definition) is 1. The maximum absolute atomic E-state index is 13.6. The van der Waals surface area contributed by atoms with Gasteiger partial charge in [-0.25, -0.2) is 5.01 Å². The average Bonchev–Trinajstić information content (AvgIpc) is 3.40. The molecule has 1 spiro atoms. The molecule has 3 heterocycles. The largest absolute Gasteiger partial charge is 0.493 e. The molecule has 3 aromatic carbocycles. The Morgan fingerprint density at radius 2 is 2.03 bits per heavy atom. The van der Waals surface area contributed by atoms with E-state index in [4.69, 9.17) is 26.2 Å². The first-order chi connectivity index (χ1) is 16.0. The topological polar surface area (TPSA) is 63.2 Å². The van der Waals surface area contributed by atoms with Crippen LogP contribution in [0.3, 0.4) is 0 Å². The molecule has 0 fully saturated rings. The average molecular weight is 460 g/mol. The van der Waals surface area contributed by atoms with E-state index in [0.717, 1.165) is 40.1 Å². The number of aryl methyl sites for hydroxylation is 1. The molecule has 0 radical (unpaired) electrons. The third-order valence-corrected chi connectivity index (χ3v) is 6.91. The van der Waals surface area contributed by atoms with E-state index >= 15 is 0 Å². The molecule has 0 aromatic heterocycles. The van der Waals surface area contributed by atoms with Crippen LogP contribution in [0.15, 0.2) is 65.8 Å². The van der Waals surface area contributed by atoms with Gasteiger partial charge in [0.15, 0.2) is 11.5 Å². The summed E-state index contributed by atoms with van der Waals surface area (Å²) in [7, 11) is 1.61. The van der Waals surface area contributed by atoms with Gasteiger partial charge in [-0.3, -0.25) is 4.79 Å². The summed E-state index contributed by atoms with van der Waals surface area (Å²) < 4.78 is 12.2. The Morgan fingerprint density at radius 1 is 1.21 bits per heavy atom. The summed E-state index contributed by atoms with van der Waals surface area (Å²) in [5.74, 6) is 0.923. The molecule has 0 unspecified atom stereocenters. The molecule has 3 aliphatic heterocycles. The van der Waals surface area contributed by atoms with Crippen LogP contribution in [-0.2, 0) is 16.9 Å². The van der Waals surface area contributed by atoms with E-state index in [1.54, 1.807) is 7.11 Å². The van der Waals surface area contributed by atoms with Crippen molar-refractivity contribution in [2.45, 2.75) is 31.5 Å². The smallest absolute Gasteiger partial charge is 0.306 e. The monoisotopic (exact) mass is 459 g/mol. The maximum Gasteiger partial charge on any atom is 0.306 e. The van der Waals surface area contributed by atoms with Gasteiger partial charge in [0.05, 0.1) is 30.1 Å². The molecule has 0 aliphatic carbocycles. The summed E-state index contributed by atoms with van der Waals surface area (Å²) in [6, 6.07) is 19.3. The van der Waals surface area contributed by atoms with Crippen molar-refractivity contribution in [1.82, 2.24) is 5.01 Å². The van der Waals surface area contributed by atoms with Crippen molar-refractivity contribution < 1.29 is 14.3 Å². The highest BCUT2D eigenvalue weighted by atomic mass is 35.5. The molecule has 0 saturated heterocycles. The molecule has 6 rings (SSSR count). The summed E-state index contributed by atoms with van der Waals surface area (Å²) in [6.07, 6.45) is 1.48. The highest BCUT2D eigenvalue weighted by Crippen LogP contribution is 2.56. The van der Waals surface area contributed by atoms with Gasteiger partial charge in [-0.05, 0) is 47.9 Å². The van der Waals surface area contributed by atoms with Crippen molar-refractivity contribution in [2.24, 2.45) is 5.10 Å². The van der Waals surface area contributed by atoms with Gasteiger partial charge in [0, 0.05) is 17.0 Å². The number of halogens is 1. The number of methoxy groups -OCH3 is 1. The molecule has 33 heavy (non-hydrogen) atoms. The van der Waals surface area contributed by atoms with E-state index < -0.39 is 5.72 Å². The van der Waals surface area contributed by atoms with Crippen molar-refractivity contribution in [3.63, 3.8) is 0 Å². The first-order valence-electron chi connectivity index (χ1n) is 11.0. The predicted molar refractivity (Wildman–Crippen MR) is 127 cm³/mol. The van der Waals surface area contributed by atoms with Crippen LogP contribution in [0.2, 0.25) is 5.02 Å². The number of para-hydroxylation sites is 1. The van der Waals surface area contributed by atoms with E-state index in [1.807, 2.05) is 65.7 Å². The minimum absolute atomic E-state index is 0.184. The summed E-state index contributed by atoms with van der Waals surface area (Å²) in [5.41, 5.74) is 4.01. The normalized spacial score (nSPS) is 22.3. The van der Waals surface area contributed by atoms with Crippen LogP contribution in [-0.4, -0.2) is 23.7 Å². The number of carbonyl (C=O) groups excluding carboxylic acids is 1. The van der Waals surface area contributed by atoms with E-state index in [0.29, 0.717) is 22.9 Å². The second kappa shape index (κ2) is 7.25. The van der Waals surface area contributed by atoms with Gasteiger partial charge in [0.25, 0.3) is 5.91 Å². The lowest BCUT2D eigenvalue weighted by Gasteiger charge is -2.44. The lowest BCUT2D eigenvalue weighted by Crippen LogP contribution is -2.55. The van der Waals surface area contributed by atoms with Crippen molar-refractivity contribution >= 4 is 28.9 Å². The van der Waals surface area contributed by atoms with E-state index in [9.17, 15) is 4.79 Å². The molecule has 3 aromatic rings. The molecule has 166 valence electrons. The Morgan fingerprint density at radius 3 is 2.79 bits per heavy atom. The van der Waals surface area contributed by atoms with E-state index in [-0.39, 0.29) is 11.9 Å². The number of hydrogen-bond acceptors (Lipinski definition) is 5. The van der Waals surface area contributed by atoms with Crippen LogP contribution >= 0.6 is 11.6 Å². The van der Waals surface area contributed by atoms with Gasteiger partial charge in [-0.15, -0.1) is 0 Å².